The first kappa shape index (κ1) is 26.7. The second-order valence-corrected chi connectivity index (χ2v) is 12.3. The molecular weight excluding hydrogens is 510 g/mol. The van der Waals surface area contributed by atoms with Crippen LogP contribution in [0, 0.1) is 0 Å². The molecule has 0 radical (unpaired) electrons. The molecule has 2 atom stereocenters. The van der Waals surface area contributed by atoms with Gasteiger partial charge in [0.25, 0.3) is 0 Å². The molecule has 2 aromatic carbocycles. The minimum absolute atomic E-state index is 0. The number of carbonyl (C=O) groups excluding carboxylic acids is 2. The Morgan fingerprint density at radius 1 is 1.02 bits per heavy atom. The number of benzene rings is 2. The van der Waals surface area contributed by atoms with Crippen LogP contribution in [0.15, 0.2) is 42.5 Å². The van der Waals surface area contributed by atoms with Crippen molar-refractivity contribution >= 4 is 28.4 Å². The van der Waals surface area contributed by atoms with Crippen molar-refractivity contribution in [2.75, 3.05) is 25.2 Å². The van der Waals surface area contributed by atoms with Gasteiger partial charge in [-0.25, -0.2) is 0 Å². The lowest BCUT2D eigenvalue weighted by molar-refractivity contribution is -0.130. The lowest BCUT2D eigenvalue weighted by Crippen LogP contribution is -2.29. The Morgan fingerprint density at radius 2 is 1.75 bits per heavy atom. The van der Waals surface area contributed by atoms with Crippen molar-refractivity contribution < 1.29 is 30.7 Å². The van der Waals surface area contributed by atoms with Gasteiger partial charge in [0, 0.05) is 55.2 Å². The second kappa shape index (κ2) is 9.82. The number of hydrogen-bond acceptors (Lipinski definition) is 6. The minimum atomic E-state index is -0.869. The Hall–Kier alpha value is -3.56. The molecule has 3 aromatic rings. The number of nitrogens with zero attached hydrogens (tertiary/aromatic N) is 2. The van der Waals surface area contributed by atoms with Gasteiger partial charge < -0.3 is 34.5 Å². The molecule has 1 aromatic heterocycles. The number of carbonyl (C=O) groups is 2. The predicted molar refractivity (Wildman–Crippen MR) is 153 cm³/mol. The fourth-order valence-corrected chi connectivity index (χ4v) is 5.95. The maximum atomic E-state index is 13.5. The first-order valence-electron chi connectivity index (χ1n) is 14.0. The van der Waals surface area contributed by atoms with E-state index in [1.807, 2.05) is 36.4 Å². The zero-order valence-corrected chi connectivity index (χ0v) is 23.3. The number of likely N-dealkylation sites (tertiary alicyclic amines) is 1. The number of aliphatic hydroxyl groups is 2. The summed E-state index contributed by atoms with van der Waals surface area (Å²) in [6.45, 7) is 7.74. The fraction of sp³-hybridized carbons (Fsp3) is 0.484. The number of ether oxygens (including phenoxy) is 2. The van der Waals surface area contributed by atoms with Gasteiger partial charge in [-0.15, -0.1) is 0 Å². The molecule has 214 valence electrons. The summed E-state index contributed by atoms with van der Waals surface area (Å²) in [7, 11) is 0. The van der Waals surface area contributed by atoms with Crippen LogP contribution in [0.3, 0.4) is 0 Å². The number of aromatic nitrogens is 1. The van der Waals surface area contributed by atoms with Crippen molar-refractivity contribution in [3.63, 3.8) is 0 Å². The number of fused-ring (bicyclic) bond motifs is 2. The highest BCUT2D eigenvalue weighted by Gasteiger charge is 2.51. The highest BCUT2D eigenvalue weighted by Crippen LogP contribution is 2.51. The molecule has 6 rings (SSSR count). The first-order valence-corrected chi connectivity index (χ1v) is 14.0. The Balaban J connectivity index is 0.00000337. The molecule has 2 fully saturated rings. The van der Waals surface area contributed by atoms with Gasteiger partial charge in [0.15, 0.2) is 11.5 Å². The van der Waals surface area contributed by atoms with Gasteiger partial charge in [-0.1, -0.05) is 26.8 Å². The molecule has 1 saturated carbocycles. The van der Waals surface area contributed by atoms with E-state index < -0.39 is 17.6 Å². The molecule has 1 saturated heterocycles. The zero-order chi connectivity index (χ0) is 28.2. The minimum Gasteiger partial charge on any atom is -0.454 e. The van der Waals surface area contributed by atoms with Gasteiger partial charge in [-0.2, -0.15) is 0 Å². The maximum Gasteiger partial charge on any atom is 0.235 e. The van der Waals surface area contributed by atoms with Gasteiger partial charge in [-0.3, -0.25) is 9.59 Å². The molecule has 3 N–H and O–H groups in total. The molecule has 2 amide bonds. The molecular formula is C31H39N3O6. The monoisotopic (exact) mass is 549 g/mol. The van der Waals surface area contributed by atoms with E-state index in [1.165, 1.54) is 0 Å². The number of aryl methyl sites for hydroxylation is 1. The lowest BCUT2D eigenvalue weighted by Gasteiger charge is -2.22. The lowest BCUT2D eigenvalue weighted by atomic mass is 9.92. The molecule has 9 nitrogen and oxygen atoms in total. The maximum absolute atomic E-state index is 13.5. The summed E-state index contributed by atoms with van der Waals surface area (Å²) in [5, 5.41) is 23.7. The van der Waals surface area contributed by atoms with Crippen molar-refractivity contribution in [1.82, 2.24) is 9.47 Å². The third-order valence-corrected chi connectivity index (χ3v) is 8.42. The van der Waals surface area contributed by atoms with E-state index in [1.54, 1.807) is 4.90 Å². The quantitative estimate of drug-likeness (QED) is 0.412. The summed E-state index contributed by atoms with van der Waals surface area (Å²) < 4.78 is 13.2. The SMILES string of the molecule is CC(C)(C)c1cc2cc(NC(=O)C3(c4ccc5c(c4)OCO5)CC3)ccc2n1CCCC(=O)N1C[C@@H](O)[C@@H](O)C1.[HH]. The summed E-state index contributed by atoms with van der Waals surface area (Å²) in [6, 6.07) is 13.9. The normalized spacial score (nSPS) is 21.2. The van der Waals surface area contributed by atoms with Crippen molar-refractivity contribution in [3.05, 3.63) is 53.7 Å². The fourth-order valence-electron chi connectivity index (χ4n) is 5.95. The van der Waals surface area contributed by atoms with E-state index in [0.717, 1.165) is 40.7 Å². The van der Waals surface area contributed by atoms with Crippen LogP contribution >= 0.6 is 0 Å². The molecule has 40 heavy (non-hydrogen) atoms. The van der Waals surface area contributed by atoms with Crippen molar-refractivity contribution in [2.24, 2.45) is 0 Å². The second-order valence-electron chi connectivity index (χ2n) is 12.3. The number of aliphatic hydroxyl groups excluding tert-OH is 2. The summed E-state index contributed by atoms with van der Waals surface area (Å²) in [6.07, 6.45) is 0.834. The topological polar surface area (TPSA) is 113 Å². The van der Waals surface area contributed by atoms with Crippen LogP contribution in [-0.4, -0.2) is 63.6 Å². The van der Waals surface area contributed by atoms with Gasteiger partial charge in [0.2, 0.25) is 18.6 Å². The first-order chi connectivity index (χ1) is 19.0. The number of amides is 2. The average molecular weight is 550 g/mol. The van der Waals surface area contributed by atoms with E-state index in [0.29, 0.717) is 30.9 Å². The van der Waals surface area contributed by atoms with Gasteiger partial charge in [0.1, 0.15) is 0 Å². The van der Waals surface area contributed by atoms with E-state index in [9.17, 15) is 19.8 Å². The van der Waals surface area contributed by atoms with Crippen LogP contribution < -0.4 is 14.8 Å². The standard InChI is InChI=1S/C31H37N3O6.H2/c1-30(2,3)27-14-19-13-21(32-29(38)31(10-11-31)20-6-9-25-26(15-20)40-18-39-25)7-8-22(19)34(27)12-4-5-28(37)33-16-23(35)24(36)17-33;/h6-9,13-15,23-24,35-36H,4-5,10-12,16-18H2,1-3H3,(H,32,38);1H/t23-,24+;. The molecule has 3 aliphatic rings. The number of hydrogen-bond donors (Lipinski definition) is 3. The Kier molecular flexibility index (Phi) is 6.54. The molecule has 9 heteroatoms. The average Bonchev–Trinajstić information content (AvgIpc) is 3.26. The van der Waals surface area contributed by atoms with Crippen LogP contribution in [0.1, 0.15) is 59.1 Å². The summed E-state index contributed by atoms with van der Waals surface area (Å²) >= 11 is 0. The van der Waals surface area contributed by atoms with Crippen molar-refractivity contribution in [3.8, 4) is 11.5 Å². The highest BCUT2D eigenvalue weighted by molar-refractivity contribution is 6.02. The van der Waals surface area contributed by atoms with Crippen LogP contribution in [-0.2, 0) is 27.0 Å². The Labute approximate surface area is 235 Å². The highest BCUT2D eigenvalue weighted by atomic mass is 16.7. The Morgan fingerprint density at radius 3 is 2.45 bits per heavy atom. The van der Waals surface area contributed by atoms with Gasteiger partial charge in [-0.05, 0) is 61.2 Å². The largest absolute Gasteiger partial charge is 0.454 e. The van der Waals surface area contributed by atoms with E-state index in [2.05, 4.69) is 36.7 Å². The van der Waals surface area contributed by atoms with Crippen molar-refractivity contribution in [1.29, 1.82) is 0 Å². The number of β-amino-alcohol motifs (C(OH)–C–C–N with tert-alkyl or cyclic N) is 2. The van der Waals surface area contributed by atoms with E-state index in [-0.39, 0.29) is 38.5 Å². The predicted octanol–water partition coefficient (Wildman–Crippen LogP) is 3.93. The molecule has 0 unspecified atom stereocenters. The summed E-state index contributed by atoms with van der Waals surface area (Å²) in [5.41, 5.74) is 3.25. The Bertz CT molecular complexity index is 1460. The molecule has 1 aliphatic carbocycles. The van der Waals surface area contributed by atoms with Crippen LogP contribution in [0.5, 0.6) is 11.5 Å². The van der Waals surface area contributed by atoms with Crippen LogP contribution in [0.4, 0.5) is 5.69 Å². The van der Waals surface area contributed by atoms with E-state index in [4.69, 9.17) is 9.47 Å². The van der Waals surface area contributed by atoms with Crippen molar-refractivity contribution in [2.45, 2.75) is 76.0 Å². The summed E-state index contributed by atoms with van der Waals surface area (Å²) in [5.74, 6) is 1.33. The number of rotatable bonds is 7. The molecule has 3 heterocycles. The molecule has 2 aliphatic heterocycles. The van der Waals surface area contributed by atoms with Crippen LogP contribution in [0.25, 0.3) is 10.9 Å². The van der Waals surface area contributed by atoms with E-state index >= 15 is 0 Å². The van der Waals surface area contributed by atoms with Gasteiger partial charge >= 0.3 is 0 Å². The smallest absolute Gasteiger partial charge is 0.235 e. The molecule has 0 spiro atoms. The zero-order valence-electron chi connectivity index (χ0n) is 23.3. The van der Waals surface area contributed by atoms with Gasteiger partial charge in [0.05, 0.1) is 17.6 Å². The molecule has 0 bridgehead atoms. The third kappa shape index (κ3) is 4.81. The number of nitrogens with one attached hydrogen (secondary N) is 1. The summed E-state index contributed by atoms with van der Waals surface area (Å²) in [4.78, 5) is 27.6. The van der Waals surface area contributed by atoms with Crippen LogP contribution in [0.2, 0.25) is 0 Å². The number of anilines is 1. The third-order valence-electron chi connectivity index (χ3n) is 8.42.